The van der Waals surface area contributed by atoms with Gasteiger partial charge < -0.3 is 5.32 Å². The van der Waals surface area contributed by atoms with E-state index in [0.29, 0.717) is 17.9 Å². The molecule has 1 amide bonds. The van der Waals surface area contributed by atoms with Crippen LogP contribution in [0.1, 0.15) is 46.0 Å². The van der Waals surface area contributed by atoms with Gasteiger partial charge >= 0.3 is 0 Å². The largest absolute Gasteiger partial charge is 0.353 e. The number of rotatable bonds is 3. The van der Waals surface area contributed by atoms with E-state index in [9.17, 15) is 9.00 Å². The molecule has 4 aliphatic carbocycles. The Hall–Kier alpha value is -0.380. The first-order valence-corrected chi connectivity index (χ1v) is 9.11. The molecule has 3 atom stereocenters. The van der Waals surface area contributed by atoms with Gasteiger partial charge in [-0.1, -0.05) is 13.8 Å². The molecule has 3 unspecified atom stereocenters. The fraction of sp³-hybridized carbons (Fsp3) is 0.933. The van der Waals surface area contributed by atoms with Crippen molar-refractivity contribution in [2.75, 3.05) is 6.26 Å². The minimum Gasteiger partial charge on any atom is -0.353 e. The van der Waals surface area contributed by atoms with Crippen molar-refractivity contribution < 1.29 is 9.00 Å². The predicted octanol–water partition coefficient (Wildman–Crippen LogP) is 2.08. The molecule has 4 rings (SSSR count). The molecule has 0 aliphatic heterocycles. The zero-order valence-corrected chi connectivity index (χ0v) is 13.0. The van der Waals surface area contributed by atoms with Crippen molar-refractivity contribution in [1.29, 1.82) is 0 Å². The van der Waals surface area contributed by atoms with Crippen molar-refractivity contribution in [3.8, 4) is 0 Å². The summed E-state index contributed by atoms with van der Waals surface area (Å²) in [6.07, 6.45) is 7.64. The van der Waals surface area contributed by atoms with Crippen LogP contribution < -0.4 is 5.32 Å². The third-order valence-corrected chi connectivity index (χ3v) is 7.38. The van der Waals surface area contributed by atoms with Crippen molar-refractivity contribution in [2.24, 2.45) is 23.7 Å². The molecule has 0 aromatic heterocycles. The molecule has 3 nitrogen and oxygen atoms in total. The predicted molar refractivity (Wildman–Crippen MR) is 77.1 cm³/mol. The van der Waals surface area contributed by atoms with Crippen LogP contribution in [0.15, 0.2) is 0 Å². The van der Waals surface area contributed by atoms with E-state index in [1.165, 1.54) is 12.8 Å². The van der Waals surface area contributed by atoms with E-state index in [-0.39, 0.29) is 16.6 Å². The smallest absolute Gasteiger partial charge is 0.222 e. The van der Waals surface area contributed by atoms with E-state index in [0.717, 1.165) is 25.2 Å². The maximum absolute atomic E-state index is 12.2. The molecule has 0 aromatic rings. The molecule has 1 N–H and O–H groups in total. The third-order valence-electron chi connectivity index (χ3n) is 5.66. The Morgan fingerprint density at radius 1 is 1.21 bits per heavy atom. The molecule has 0 spiro atoms. The van der Waals surface area contributed by atoms with Crippen LogP contribution in [0.3, 0.4) is 0 Å². The number of nitrogens with one attached hydrogen (secondary N) is 1. The summed E-state index contributed by atoms with van der Waals surface area (Å²) in [7, 11) is -0.719. The summed E-state index contributed by atoms with van der Waals surface area (Å²) < 4.78 is 12.2. The van der Waals surface area contributed by atoms with Gasteiger partial charge in [0.2, 0.25) is 5.91 Å². The number of amides is 1. The molecule has 0 heterocycles. The molecule has 4 aliphatic rings. The molecular formula is C15H25NO2S. The van der Waals surface area contributed by atoms with Gasteiger partial charge in [0, 0.05) is 33.8 Å². The van der Waals surface area contributed by atoms with Crippen LogP contribution in [-0.2, 0) is 15.6 Å². The maximum atomic E-state index is 12.2. The lowest BCUT2D eigenvalue weighted by molar-refractivity contribution is -0.127. The Kier molecular flexibility index (Phi) is 3.27. The van der Waals surface area contributed by atoms with Gasteiger partial charge in [0.05, 0.1) is 0 Å². The first kappa shape index (κ1) is 13.6. The number of hydrogen-bond acceptors (Lipinski definition) is 2. The van der Waals surface area contributed by atoms with Gasteiger partial charge in [-0.15, -0.1) is 0 Å². The van der Waals surface area contributed by atoms with Crippen LogP contribution in [0.5, 0.6) is 0 Å². The van der Waals surface area contributed by atoms with Crippen LogP contribution >= 0.6 is 0 Å². The fourth-order valence-corrected chi connectivity index (χ4v) is 6.24. The molecule has 0 radical (unpaired) electrons. The highest BCUT2D eigenvalue weighted by Crippen LogP contribution is 2.57. The zero-order chi connectivity index (χ0) is 13.8. The van der Waals surface area contributed by atoms with Gasteiger partial charge in [0.25, 0.3) is 0 Å². The second-order valence-corrected chi connectivity index (χ2v) is 9.07. The topological polar surface area (TPSA) is 46.2 Å². The fourth-order valence-electron chi connectivity index (χ4n) is 4.87. The first-order valence-electron chi connectivity index (χ1n) is 7.55. The normalized spacial score (nSPS) is 45.5. The van der Waals surface area contributed by atoms with E-state index < -0.39 is 10.8 Å². The molecule has 0 aromatic carbocycles. The van der Waals surface area contributed by atoms with Crippen molar-refractivity contribution in [3.05, 3.63) is 0 Å². The quantitative estimate of drug-likeness (QED) is 0.862. The second kappa shape index (κ2) is 4.57. The highest BCUT2D eigenvalue weighted by atomic mass is 32.2. The Bertz CT molecular complexity index is 404. The summed E-state index contributed by atoms with van der Waals surface area (Å²) in [4.78, 5) is 12.0. The Morgan fingerprint density at radius 3 is 2.26 bits per heavy atom. The van der Waals surface area contributed by atoms with Crippen LogP contribution in [0.2, 0.25) is 0 Å². The van der Waals surface area contributed by atoms with Crippen molar-refractivity contribution in [3.63, 3.8) is 0 Å². The molecule has 108 valence electrons. The number of hydrogen-bond donors (Lipinski definition) is 1. The summed E-state index contributed by atoms with van der Waals surface area (Å²) in [6, 6.07) is 0.350. The highest BCUT2D eigenvalue weighted by molar-refractivity contribution is 7.85. The van der Waals surface area contributed by atoms with Gasteiger partial charge in [-0.3, -0.25) is 9.00 Å². The molecular weight excluding hydrogens is 258 g/mol. The summed E-state index contributed by atoms with van der Waals surface area (Å²) in [5, 5.41) is 3.28. The van der Waals surface area contributed by atoms with Gasteiger partial charge in [0.1, 0.15) is 0 Å². The van der Waals surface area contributed by atoms with Crippen LogP contribution in [0.4, 0.5) is 0 Å². The molecule has 19 heavy (non-hydrogen) atoms. The van der Waals surface area contributed by atoms with Crippen molar-refractivity contribution >= 4 is 16.7 Å². The molecule has 4 heteroatoms. The highest BCUT2D eigenvalue weighted by Gasteiger charge is 2.57. The lowest BCUT2D eigenvalue weighted by Crippen LogP contribution is -2.63. The zero-order valence-electron chi connectivity index (χ0n) is 12.1. The Balaban J connectivity index is 1.78. The van der Waals surface area contributed by atoms with E-state index in [1.807, 2.05) is 20.1 Å². The monoisotopic (exact) mass is 283 g/mol. The molecule has 0 saturated heterocycles. The van der Waals surface area contributed by atoms with Crippen LogP contribution in [0.25, 0.3) is 0 Å². The summed E-state index contributed by atoms with van der Waals surface area (Å²) >= 11 is 0. The minimum absolute atomic E-state index is 0.0615. The van der Waals surface area contributed by atoms with Gasteiger partial charge in [-0.05, 0) is 49.9 Å². The third kappa shape index (κ3) is 2.16. The minimum atomic E-state index is -0.719. The van der Waals surface area contributed by atoms with E-state index >= 15 is 0 Å². The number of carbonyl (C=O) groups is 1. The van der Waals surface area contributed by atoms with Gasteiger partial charge in [-0.2, -0.15) is 0 Å². The van der Waals surface area contributed by atoms with E-state index in [1.54, 1.807) is 0 Å². The summed E-state index contributed by atoms with van der Waals surface area (Å²) in [5.74, 6) is 2.14. The summed E-state index contributed by atoms with van der Waals surface area (Å²) in [5.41, 5.74) is 0. The van der Waals surface area contributed by atoms with E-state index in [2.05, 4.69) is 5.32 Å². The SMILES string of the molecule is CC(C)C(=O)NC1C2CC3CC1CC(S(C)=O)(C3)C2. The molecule has 4 fully saturated rings. The van der Waals surface area contributed by atoms with Gasteiger partial charge in [-0.25, -0.2) is 0 Å². The lowest BCUT2D eigenvalue weighted by Gasteiger charge is -2.59. The average molecular weight is 283 g/mol. The number of carbonyl (C=O) groups excluding carboxylic acids is 1. The Labute approximate surface area is 118 Å². The molecule has 4 bridgehead atoms. The van der Waals surface area contributed by atoms with Gasteiger partial charge in [0.15, 0.2) is 0 Å². The van der Waals surface area contributed by atoms with Crippen molar-refractivity contribution in [1.82, 2.24) is 5.32 Å². The van der Waals surface area contributed by atoms with E-state index in [4.69, 9.17) is 0 Å². The first-order chi connectivity index (χ1) is 8.91. The Morgan fingerprint density at radius 2 is 1.79 bits per heavy atom. The average Bonchev–Trinajstić information content (AvgIpc) is 2.32. The van der Waals surface area contributed by atoms with Crippen molar-refractivity contribution in [2.45, 2.75) is 56.7 Å². The van der Waals surface area contributed by atoms with Crippen LogP contribution in [-0.4, -0.2) is 27.2 Å². The molecule has 4 saturated carbocycles. The maximum Gasteiger partial charge on any atom is 0.222 e. The second-order valence-electron chi connectivity index (χ2n) is 7.30. The van der Waals surface area contributed by atoms with Crippen LogP contribution in [0, 0.1) is 23.7 Å². The summed E-state index contributed by atoms with van der Waals surface area (Å²) in [6.45, 7) is 3.90. The lowest BCUT2D eigenvalue weighted by atomic mass is 9.53. The standard InChI is InChI=1S/C15H25NO2S/c1-9(2)14(17)16-13-11-4-10-5-12(13)8-15(6-10,7-11)19(3)18/h9-13H,4-8H2,1-3H3,(H,16,17).